The first-order valence-electron chi connectivity index (χ1n) is 6.09. The summed E-state index contributed by atoms with van der Waals surface area (Å²) in [4.78, 5) is 0. The quantitative estimate of drug-likeness (QED) is 0.777. The summed E-state index contributed by atoms with van der Waals surface area (Å²) in [5, 5.41) is 4.79. The highest BCUT2D eigenvalue weighted by Crippen LogP contribution is 2.42. The van der Waals surface area contributed by atoms with E-state index < -0.39 is 0 Å². The third-order valence-corrected chi connectivity index (χ3v) is 4.34. The molecule has 2 atom stereocenters. The van der Waals surface area contributed by atoms with Crippen molar-refractivity contribution in [2.24, 2.45) is 11.3 Å². The molecule has 0 amide bonds. The minimum absolute atomic E-state index is 0.438. The maximum Gasteiger partial charge on any atom is 0.0612 e. The molecule has 0 bridgehead atoms. The lowest BCUT2D eigenvalue weighted by atomic mass is 9.91. The van der Waals surface area contributed by atoms with Gasteiger partial charge in [0, 0.05) is 11.7 Å². The minimum atomic E-state index is 0.438. The molecule has 0 saturated heterocycles. The average molecular weight is 272 g/mol. The molecule has 3 heteroatoms. The molecule has 1 nitrogen and oxygen atoms in total. The van der Waals surface area contributed by atoms with Gasteiger partial charge in [0.2, 0.25) is 0 Å². The second-order valence-electron chi connectivity index (χ2n) is 5.93. The lowest BCUT2D eigenvalue weighted by Gasteiger charge is -2.20. The first-order chi connectivity index (χ1) is 7.87. The molecule has 0 aromatic heterocycles. The van der Waals surface area contributed by atoms with Gasteiger partial charge < -0.3 is 5.32 Å². The molecular weight excluding hydrogens is 253 g/mol. The molecule has 17 heavy (non-hydrogen) atoms. The van der Waals surface area contributed by atoms with E-state index in [9.17, 15) is 0 Å². The highest BCUT2D eigenvalue weighted by atomic mass is 35.5. The van der Waals surface area contributed by atoms with Crippen molar-refractivity contribution in [3.8, 4) is 0 Å². The zero-order valence-corrected chi connectivity index (χ0v) is 12.1. The Morgan fingerprint density at radius 1 is 1.18 bits per heavy atom. The van der Waals surface area contributed by atoms with Gasteiger partial charge in [-0.15, -0.1) is 0 Å². The molecule has 2 rings (SSSR count). The van der Waals surface area contributed by atoms with E-state index in [1.165, 1.54) is 12.8 Å². The Morgan fingerprint density at radius 3 is 2.41 bits per heavy atom. The molecule has 1 aromatic carbocycles. The molecular formula is C14H19Cl2N. The topological polar surface area (TPSA) is 12.0 Å². The Labute approximate surface area is 114 Å². The van der Waals surface area contributed by atoms with Gasteiger partial charge in [-0.25, -0.2) is 0 Å². The molecule has 1 aromatic rings. The number of hydrogen-bond donors (Lipinski definition) is 1. The lowest BCUT2D eigenvalue weighted by Crippen LogP contribution is -2.22. The Balaban J connectivity index is 2.08. The van der Waals surface area contributed by atoms with Crippen LogP contribution in [0.2, 0.25) is 10.0 Å². The third-order valence-electron chi connectivity index (χ3n) is 3.61. The van der Waals surface area contributed by atoms with Crippen molar-refractivity contribution < 1.29 is 0 Å². The predicted octanol–water partition coefficient (Wildman–Crippen LogP) is 5.23. The Kier molecular flexibility index (Phi) is 3.61. The van der Waals surface area contributed by atoms with Gasteiger partial charge in [-0.3, -0.25) is 0 Å². The summed E-state index contributed by atoms with van der Waals surface area (Å²) in [6.45, 7) is 6.98. The lowest BCUT2D eigenvalue weighted by molar-refractivity contribution is 0.366. The fourth-order valence-electron chi connectivity index (χ4n) is 2.89. The SMILES string of the molecule is CC1CC(C)(C)CC1Nc1ccc(Cl)c(Cl)c1. The van der Waals surface area contributed by atoms with Gasteiger partial charge >= 0.3 is 0 Å². The molecule has 1 N–H and O–H groups in total. The van der Waals surface area contributed by atoms with E-state index in [-0.39, 0.29) is 0 Å². The van der Waals surface area contributed by atoms with Crippen molar-refractivity contribution in [3.05, 3.63) is 28.2 Å². The van der Waals surface area contributed by atoms with Crippen molar-refractivity contribution in [1.82, 2.24) is 0 Å². The van der Waals surface area contributed by atoms with Crippen molar-refractivity contribution in [3.63, 3.8) is 0 Å². The zero-order chi connectivity index (χ0) is 12.6. The molecule has 1 aliphatic carbocycles. The van der Waals surface area contributed by atoms with E-state index in [0.29, 0.717) is 27.4 Å². The Hall–Kier alpha value is -0.400. The molecule has 2 unspecified atom stereocenters. The molecule has 1 saturated carbocycles. The third kappa shape index (κ3) is 3.08. The average Bonchev–Trinajstić information content (AvgIpc) is 2.46. The van der Waals surface area contributed by atoms with E-state index in [1.807, 2.05) is 18.2 Å². The summed E-state index contributed by atoms with van der Waals surface area (Å²) in [6, 6.07) is 6.27. The fourth-order valence-corrected chi connectivity index (χ4v) is 3.19. The number of rotatable bonds is 2. The van der Waals surface area contributed by atoms with Crippen LogP contribution in [0, 0.1) is 11.3 Å². The van der Waals surface area contributed by atoms with Gasteiger partial charge in [0.25, 0.3) is 0 Å². The first kappa shape index (κ1) is 13.0. The normalized spacial score (nSPS) is 27.1. The van der Waals surface area contributed by atoms with Crippen LogP contribution in [0.5, 0.6) is 0 Å². The van der Waals surface area contributed by atoms with Crippen LogP contribution >= 0.6 is 23.2 Å². The van der Waals surface area contributed by atoms with E-state index in [2.05, 4.69) is 26.1 Å². The number of benzene rings is 1. The van der Waals surface area contributed by atoms with E-state index in [4.69, 9.17) is 23.2 Å². The predicted molar refractivity (Wildman–Crippen MR) is 76.1 cm³/mol. The van der Waals surface area contributed by atoms with Crippen LogP contribution in [-0.2, 0) is 0 Å². The van der Waals surface area contributed by atoms with Crippen LogP contribution in [0.15, 0.2) is 18.2 Å². The molecule has 94 valence electrons. The maximum atomic E-state index is 6.02. The summed E-state index contributed by atoms with van der Waals surface area (Å²) in [5.41, 5.74) is 1.50. The minimum Gasteiger partial charge on any atom is -0.382 e. The smallest absolute Gasteiger partial charge is 0.0612 e. The van der Waals surface area contributed by atoms with Crippen LogP contribution in [0.4, 0.5) is 5.69 Å². The Morgan fingerprint density at radius 2 is 1.88 bits per heavy atom. The van der Waals surface area contributed by atoms with Crippen LogP contribution in [0.1, 0.15) is 33.6 Å². The van der Waals surface area contributed by atoms with Crippen LogP contribution in [0.3, 0.4) is 0 Å². The highest BCUT2D eigenvalue weighted by Gasteiger charge is 2.36. The van der Waals surface area contributed by atoms with Crippen molar-refractivity contribution in [2.75, 3.05) is 5.32 Å². The van der Waals surface area contributed by atoms with Crippen molar-refractivity contribution in [2.45, 2.75) is 39.7 Å². The zero-order valence-electron chi connectivity index (χ0n) is 10.6. The largest absolute Gasteiger partial charge is 0.382 e. The summed E-state index contributed by atoms with van der Waals surface area (Å²) >= 11 is 11.9. The molecule has 1 fully saturated rings. The fraction of sp³-hybridized carbons (Fsp3) is 0.571. The van der Waals surface area contributed by atoms with Gasteiger partial charge in [0.1, 0.15) is 0 Å². The second-order valence-corrected chi connectivity index (χ2v) is 6.74. The summed E-state index contributed by atoms with van der Waals surface area (Å²) in [7, 11) is 0. The summed E-state index contributed by atoms with van der Waals surface area (Å²) in [5.74, 6) is 0.694. The number of halogens is 2. The van der Waals surface area contributed by atoms with Crippen molar-refractivity contribution >= 4 is 28.9 Å². The van der Waals surface area contributed by atoms with E-state index in [1.54, 1.807) is 0 Å². The van der Waals surface area contributed by atoms with Crippen LogP contribution < -0.4 is 5.32 Å². The number of hydrogen-bond acceptors (Lipinski definition) is 1. The van der Waals surface area contributed by atoms with Gasteiger partial charge in [-0.2, -0.15) is 0 Å². The highest BCUT2D eigenvalue weighted by molar-refractivity contribution is 6.42. The molecule has 0 spiro atoms. The number of anilines is 1. The van der Waals surface area contributed by atoms with E-state index in [0.717, 1.165) is 5.69 Å². The van der Waals surface area contributed by atoms with Crippen LogP contribution in [-0.4, -0.2) is 6.04 Å². The number of nitrogens with one attached hydrogen (secondary N) is 1. The van der Waals surface area contributed by atoms with Gasteiger partial charge in [0.05, 0.1) is 10.0 Å². The standard InChI is InChI=1S/C14H19Cl2N/c1-9-7-14(2,3)8-13(9)17-10-4-5-11(15)12(16)6-10/h4-6,9,13,17H,7-8H2,1-3H3. The van der Waals surface area contributed by atoms with Gasteiger partial charge in [-0.1, -0.05) is 44.0 Å². The second kappa shape index (κ2) is 4.70. The summed E-state index contributed by atoms with van der Waals surface area (Å²) in [6.07, 6.45) is 2.47. The molecule has 1 aliphatic rings. The Bertz CT molecular complexity index is 415. The van der Waals surface area contributed by atoms with Gasteiger partial charge in [-0.05, 0) is 42.4 Å². The molecule has 0 heterocycles. The maximum absolute atomic E-state index is 6.02. The van der Waals surface area contributed by atoms with Crippen molar-refractivity contribution in [1.29, 1.82) is 0 Å². The summed E-state index contributed by atoms with van der Waals surface area (Å²) < 4.78 is 0. The van der Waals surface area contributed by atoms with E-state index >= 15 is 0 Å². The first-order valence-corrected chi connectivity index (χ1v) is 6.84. The van der Waals surface area contributed by atoms with Gasteiger partial charge in [0.15, 0.2) is 0 Å². The molecule has 0 aliphatic heterocycles. The molecule has 0 radical (unpaired) electrons. The monoisotopic (exact) mass is 271 g/mol. The van der Waals surface area contributed by atoms with Crippen LogP contribution in [0.25, 0.3) is 0 Å².